The average molecular weight is 290 g/mol. The monoisotopic (exact) mass is 290 g/mol. The Morgan fingerprint density at radius 2 is 2.20 bits per heavy atom. The largest absolute Gasteiger partial charge is 0.423 e. The highest BCUT2D eigenvalue weighted by Gasteiger charge is 2.38. The maximum absolute atomic E-state index is 12.8. The summed E-state index contributed by atoms with van der Waals surface area (Å²) >= 11 is 0. The van der Waals surface area contributed by atoms with E-state index in [1.165, 1.54) is 6.07 Å². The van der Waals surface area contributed by atoms with Gasteiger partial charge >= 0.3 is 6.18 Å². The quantitative estimate of drug-likeness (QED) is 0.683. The normalized spacial score (nSPS) is 19.1. The van der Waals surface area contributed by atoms with Crippen molar-refractivity contribution in [3.05, 3.63) is 33.9 Å². The van der Waals surface area contributed by atoms with E-state index in [2.05, 4.69) is 5.32 Å². The van der Waals surface area contributed by atoms with E-state index in [1.54, 1.807) is 0 Å². The Kier molecular flexibility index (Phi) is 4.12. The highest BCUT2D eigenvalue weighted by atomic mass is 19.4. The number of alkyl halides is 3. The van der Waals surface area contributed by atoms with E-state index in [9.17, 15) is 23.3 Å². The Morgan fingerprint density at radius 1 is 1.45 bits per heavy atom. The number of nitrogens with zero attached hydrogens (tertiary/aromatic N) is 1. The molecule has 8 heteroatoms. The van der Waals surface area contributed by atoms with Gasteiger partial charge in [0, 0.05) is 30.8 Å². The van der Waals surface area contributed by atoms with Gasteiger partial charge in [-0.3, -0.25) is 10.1 Å². The molecular formula is C12H13F3N2O3. The van der Waals surface area contributed by atoms with Gasteiger partial charge in [-0.1, -0.05) is 0 Å². The Labute approximate surface area is 112 Å². The summed E-state index contributed by atoms with van der Waals surface area (Å²) in [5.74, 6) is 0.250. The van der Waals surface area contributed by atoms with Crippen LogP contribution in [-0.4, -0.2) is 24.7 Å². The molecule has 1 aromatic rings. The van der Waals surface area contributed by atoms with Crippen LogP contribution in [0.15, 0.2) is 18.2 Å². The fourth-order valence-electron chi connectivity index (χ4n) is 2.04. The zero-order valence-electron chi connectivity index (χ0n) is 10.4. The second kappa shape index (κ2) is 5.66. The van der Waals surface area contributed by atoms with Crippen molar-refractivity contribution >= 4 is 11.4 Å². The predicted molar refractivity (Wildman–Crippen MR) is 65.5 cm³/mol. The minimum Gasteiger partial charge on any atom is -0.385 e. The number of nitro groups is 1. The van der Waals surface area contributed by atoms with Crippen LogP contribution >= 0.6 is 0 Å². The summed E-state index contributed by atoms with van der Waals surface area (Å²) in [5, 5.41) is 13.5. The van der Waals surface area contributed by atoms with Gasteiger partial charge in [0.15, 0.2) is 0 Å². The Bertz CT molecular complexity index is 499. The summed E-state index contributed by atoms with van der Waals surface area (Å²) < 4.78 is 43.5. The van der Waals surface area contributed by atoms with Crippen molar-refractivity contribution in [3.8, 4) is 0 Å². The fraction of sp³-hybridized carbons (Fsp3) is 0.500. The topological polar surface area (TPSA) is 64.4 Å². The molecule has 0 aliphatic carbocycles. The van der Waals surface area contributed by atoms with Crippen LogP contribution in [0.3, 0.4) is 0 Å². The highest BCUT2D eigenvalue weighted by Crippen LogP contribution is 2.37. The summed E-state index contributed by atoms with van der Waals surface area (Å²) in [7, 11) is 0. The second-order valence-electron chi connectivity index (χ2n) is 4.60. The lowest BCUT2D eigenvalue weighted by atomic mass is 10.1. The molecule has 1 unspecified atom stereocenters. The first-order valence-electron chi connectivity index (χ1n) is 6.05. The van der Waals surface area contributed by atoms with Gasteiger partial charge in [-0.2, -0.15) is 13.2 Å². The van der Waals surface area contributed by atoms with Crippen LogP contribution in [0.4, 0.5) is 24.5 Å². The van der Waals surface area contributed by atoms with Gasteiger partial charge in [0.25, 0.3) is 5.69 Å². The zero-order valence-corrected chi connectivity index (χ0v) is 10.4. The van der Waals surface area contributed by atoms with Crippen LogP contribution in [0.2, 0.25) is 0 Å². The van der Waals surface area contributed by atoms with Crippen LogP contribution < -0.4 is 5.32 Å². The molecule has 1 heterocycles. The second-order valence-corrected chi connectivity index (χ2v) is 4.60. The number of nitro benzene ring substituents is 1. The van der Waals surface area contributed by atoms with Gasteiger partial charge in [-0.05, 0) is 18.6 Å². The molecule has 1 aliphatic heterocycles. The number of halogens is 3. The molecule has 0 bridgehead atoms. The summed E-state index contributed by atoms with van der Waals surface area (Å²) in [4.78, 5) is 9.59. The molecule has 1 fully saturated rings. The van der Waals surface area contributed by atoms with E-state index in [4.69, 9.17) is 4.74 Å². The lowest BCUT2D eigenvalue weighted by Crippen LogP contribution is -2.15. The van der Waals surface area contributed by atoms with Crippen LogP contribution in [0, 0.1) is 16.0 Å². The van der Waals surface area contributed by atoms with Crippen molar-refractivity contribution in [2.75, 3.05) is 25.1 Å². The third-order valence-electron chi connectivity index (χ3n) is 3.12. The average Bonchev–Trinajstić information content (AvgIpc) is 2.88. The first kappa shape index (κ1) is 14.6. The van der Waals surface area contributed by atoms with Crippen molar-refractivity contribution < 1.29 is 22.8 Å². The van der Waals surface area contributed by atoms with Crippen molar-refractivity contribution in [3.63, 3.8) is 0 Å². The molecule has 2 rings (SSSR count). The van der Waals surface area contributed by atoms with E-state index in [0.29, 0.717) is 19.8 Å². The number of hydrogen-bond acceptors (Lipinski definition) is 4. The zero-order chi connectivity index (χ0) is 14.8. The van der Waals surface area contributed by atoms with E-state index >= 15 is 0 Å². The van der Waals surface area contributed by atoms with Crippen LogP contribution in [0.5, 0.6) is 0 Å². The van der Waals surface area contributed by atoms with Gasteiger partial charge in [-0.25, -0.2) is 0 Å². The maximum Gasteiger partial charge on any atom is 0.423 e. The first-order chi connectivity index (χ1) is 9.38. The third kappa shape index (κ3) is 3.38. The smallest absolute Gasteiger partial charge is 0.385 e. The molecule has 0 aromatic heterocycles. The fourth-order valence-corrected chi connectivity index (χ4v) is 2.04. The number of hydrogen-bond donors (Lipinski definition) is 1. The van der Waals surface area contributed by atoms with Crippen LogP contribution in [-0.2, 0) is 10.9 Å². The predicted octanol–water partition coefficient (Wildman–Crippen LogP) is 3.06. The molecule has 5 nitrogen and oxygen atoms in total. The molecule has 1 N–H and O–H groups in total. The Balaban J connectivity index is 2.16. The van der Waals surface area contributed by atoms with Gasteiger partial charge in [0.2, 0.25) is 0 Å². The molecule has 0 spiro atoms. The maximum atomic E-state index is 12.8. The summed E-state index contributed by atoms with van der Waals surface area (Å²) in [6, 6.07) is 2.92. The van der Waals surface area contributed by atoms with Gasteiger partial charge in [-0.15, -0.1) is 0 Å². The van der Waals surface area contributed by atoms with Crippen molar-refractivity contribution in [1.29, 1.82) is 0 Å². The summed E-state index contributed by atoms with van der Waals surface area (Å²) in [6.45, 7) is 1.71. The molecule has 0 saturated carbocycles. The summed E-state index contributed by atoms with van der Waals surface area (Å²) in [5.41, 5.74) is -1.96. The van der Waals surface area contributed by atoms with Crippen LogP contribution in [0.1, 0.15) is 12.0 Å². The lowest BCUT2D eigenvalue weighted by Gasteiger charge is -2.13. The number of nitrogens with one attached hydrogen (secondary N) is 1. The van der Waals surface area contributed by atoms with E-state index in [-0.39, 0.29) is 11.6 Å². The standard InChI is InChI=1S/C12H13F3N2O3/c13-12(14,15)10-5-9(1-2-11(10)17(18)19)16-6-8-3-4-20-7-8/h1-2,5,8,16H,3-4,6-7H2. The van der Waals surface area contributed by atoms with Gasteiger partial charge in [0.1, 0.15) is 5.56 Å². The van der Waals surface area contributed by atoms with Gasteiger partial charge in [0.05, 0.1) is 11.5 Å². The van der Waals surface area contributed by atoms with Crippen molar-refractivity contribution in [2.24, 2.45) is 5.92 Å². The van der Waals surface area contributed by atoms with E-state index in [1.807, 2.05) is 0 Å². The summed E-state index contributed by atoms with van der Waals surface area (Å²) in [6.07, 6.45) is -3.90. The van der Waals surface area contributed by atoms with E-state index in [0.717, 1.165) is 18.6 Å². The van der Waals surface area contributed by atoms with Crippen molar-refractivity contribution in [1.82, 2.24) is 0 Å². The molecule has 1 saturated heterocycles. The molecule has 1 aliphatic rings. The van der Waals surface area contributed by atoms with E-state index < -0.39 is 22.4 Å². The minimum atomic E-state index is -4.75. The highest BCUT2D eigenvalue weighted by molar-refractivity contribution is 5.55. The Morgan fingerprint density at radius 3 is 2.75 bits per heavy atom. The van der Waals surface area contributed by atoms with Crippen molar-refractivity contribution in [2.45, 2.75) is 12.6 Å². The molecule has 20 heavy (non-hydrogen) atoms. The molecule has 1 aromatic carbocycles. The molecule has 110 valence electrons. The number of ether oxygens (including phenoxy) is 1. The third-order valence-corrected chi connectivity index (χ3v) is 3.12. The first-order valence-corrected chi connectivity index (χ1v) is 6.05. The Hall–Kier alpha value is -1.83. The lowest BCUT2D eigenvalue weighted by molar-refractivity contribution is -0.388. The molecule has 0 radical (unpaired) electrons. The van der Waals surface area contributed by atoms with Gasteiger partial charge < -0.3 is 10.1 Å². The molecule has 0 amide bonds. The van der Waals surface area contributed by atoms with Crippen LogP contribution in [0.25, 0.3) is 0 Å². The number of benzene rings is 1. The molecule has 1 atom stereocenters. The number of anilines is 1. The SMILES string of the molecule is O=[N+]([O-])c1ccc(NCC2CCOC2)cc1C(F)(F)F. The minimum absolute atomic E-state index is 0.217. The number of rotatable bonds is 4. The molecular weight excluding hydrogens is 277 g/mol.